The molecule has 0 atom stereocenters. The van der Waals surface area contributed by atoms with Crippen molar-refractivity contribution < 1.29 is 4.74 Å². The average molecular weight is 338 g/mol. The molecule has 2 aromatic heterocycles. The Hall–Kier alpha value is -1.63. The number of nitrogens with zero attached hydrogens (tertiary/aromatic N) is 4. The summed E-state index contributed by atoms with van der Waals surface area (Å²) >= 11 is 3.48. The van der Waals surface area contributed by atoms with Crippen LogP contribution in [0.1, 0.15) is 30.1 Å². The van der Waals surface area contributed by atoms with Crippen molar-refractivity contribution in [1.82, 2.24) is 19.7 Å². The second-order valence-corrected chi connectivity index (χ2v) is 5.79. The monoisotopic (exact) mass is 337 g/mol. The van der Waals surface area contributed by atoms with Gasteiger partial charge in [-0.15, -0.1) is 0 Å². The molecule has 1 fully saturated rings. The van der Waals surface area contributed by atoms with Gasteiger partial charge in [-0.3, -0.25) is 0 Å². The lowest BCUT2D eigenvalue weighted by Gasteiger charge is -2.09. The van der Waals surface area contributed by atoms with Crippen LogP contribution >= 0.6 is 15.9 Å². The Labute approximate surface area is 125 Å². The fourth-order valence-corrected chi connectivity index (χ4v) is 2.85. The summed E-state index contributed by atoms with van der Waals surface area (Å²) in [5.74, 6) is 2.17. The number of hydrogen-bond donors (Lipinski definition) is 1. The molecule has 0 unspecified atom stereocenters. The Kier molecular flexibility index (Phi) is 3.16. The first kappa shape index (κ1) is 13.4. The molecule has 1 saturated carbocycles. The maximum Gasteiger partial charge on any atom is 0.222 e. The van der Waals surface area contributed by atoms with Gasteiger partial charge in [0.05, 0.1) is 23.0 Å². The normalized spacial score (nSPS) is 14.6. The molecule has 20 heavy (non-hydrogen) atoms. The Morgan fingerprint density at radius 3 is 2.65 bits per heavy atom. The van der Waals surface area contributed by atoms with Crippen LogP contribution in [0.3, 0.4) is 0 Å². The molecule has 3 rings (SSSR count). The molecule has 2 aromatic rings. The molecule has 1 aliphatic rings. The van der Waals surface area contributed by atoms with E-state index in [-0.39, 0.29) is 0 Å². The van der Waals surface area contributed by atoms with Gasteiger partial charge in [-0.25, -0.2) is 14.6 Å². The first-order chi connectivity index (χ1) is 9.52. The number of ether oxygens (including phenoxy) is 1. The van der Waals surface area contributed by atoms with Crippen LogP contribution in [-0.2, 0) is 7.05 Å². The molecule has 0 amide bonds. The Balaban J connectivity index is 2.20. The molecule has 6 nitrogen and oxygen atoms in total. The van der Waals surface area contributed by atoms with Gasteiger partial charge < -0.3 is 10.5 Å². The summed E-state index contributed by atoms with van der Waals surface area (Å²) in [5, 5.41) is 4.36. The lowest BCUT2D eigenvalue weighted by Crippen LogP contribution is -2.03. The highest BCUT2D eigenvalue weighted by Gasteiger charge is 2.30. The van der Waals surface area contributed by atoms with Gasteiger partial charge in [-0.1, -0.05) is 0 Å². The number of aromatic nitrogens is 4. The van der Waals surface area contributed by atoms with E-state index in [1.165, 1.54) is 0 Å². The zero-order valence-corrected chi connectivity index (χ0v) is 13.2. The van der Waals surface area contributed by atoms with Crippen molar-refractivity contribution in [3.63, 3.8) is 0 Å². The van der Waals surface area contributed by atoms with E-state index in [4.69, 9.17) is 10.5 Å². The van der Waals surface area contributed by atoms with Crippen molar-refractivity contribution in [3.05, 3.63) is 15.9 Å². The second-order valence-electron chi connectivity index (χ2n) is 5.00. The number of nitrogen functional groups attached to an aromatic ring is 1. The molecular formula is C13H16BrN5O. The lowest BCUT2D eigenvalue weighted by atomic mass is 10.2. The lowest BCUT2D eigenvalue weighted by molar-refractivity contribution is 0.374. The number of rotatable bonds is 3. The van der Waals surface area contributed by atoms with E-state index in [0.717, 1.165) is 34.3 Å². The number of halogens is 1. The molecule has 0 bridgehead atoms. The third kappa shape index (κ3) is 2.06. The molecule has 0 aromatic carbocycles. The summed E-state index contributed by atoms with van der Waals surface area (Å²) in [6.07, 6.45) is 2.30. The molecule has 0 aliphatic heterocycles. The minimum Gasteiger partial charge on any atom is -0.481 e. The highest BCUT2D eigenvalue weighted by molar-refractivity contribution is 9.10. The summed E-state index contributed by atoms with van der Waals surface area (Å²) in [4.78, 5) is 9.06. The summed E-state index contributed by atoms with van der Waals surface area (Å²) < 4.78 is 7.90. The van der Waals surface area contributed by atoms with Crippen LogP contribution in [0.15, 0.2) is 4.47 Å². The summed E-state index contributed by atoms with van der Waals surface area (Å²) in [6, 6.07) is 0. The molecule has 106 valence electrons. The van der Waals surface area contributed by atoms with Crippen molar-refractivity contribution in [3.8, 4) is 17.3 Å². The number of aryl methyl sites for hydroxylation is 2. The number of methoxy groups -OCH3 is 1. The average Bonchev–Trinajstić information content (AvgIpc) is 3.18. The Morgan fingerprint density at radius 2 is 2.05 bits per heavy atom. The first-order valence-corrected chi connectivity index (χ1v) is 7.23. The van der Waals surface area contributed by atoms with E-state index in [0.29, 0.717) is 23.4 Å². The maximum absolute atomic E-state index is 6.01. The predicted molar refractivity (Wildman–Crippen MR) is 79.6 cm³/mol. The van der Waals surface area contributed by atoms with Gasteiger partial charge in [0.1, 0.15) is 11.4 Å². The zero-order valence-electron chi connectivity index (χ0n) is 11.6. The van der Waals surface area contributed by atoms with Crippen LogP contribution in [0.2, 0.25) is 0 Å². The SMILES string of the molecule is COc1c(-c2nc(N)c(Br)c(C3CC3)n2)c(C)nn1C. The van der Waals surface area contributed by atoms with E-state index in [1.807, 2.05) is 14.0 Å². The van der Waals surface area contributed by atoms with Gasteiger partial charge in [0.25, 0.3) is 0 Å². The quantitative estimate of drug-likeness (QED) is 0.930. The maximum atomic E-state index is 6.01. The van der Waals surface area contributed by atoms with Crippen LogP contribution in [-0.4, -0.2) is 26.9 Å². The van der Waals surface area contributed by atoms with Gasteiger partial charge in [0.15, 0.2) is 5.82 Å². The third-order valence-corrected chi connectivity index (χ3v) is 4.27. The number of hydrogen-bond acceptors (Lipinski definition) is 5. The van der Waals surface area contributed by atoms with Gasteiger partial charge in [-0.05, 0) is 35.7 Å². The van der Waals surface area contributed by atoms with Gasteiger partial charge >= 0.3 is 0 Å². The number of anilines is 1. The predicted octanol–water partition coefficient (Wildman–Crippen LogP) is 2.42. The molecule has 2 N–H and O–H groups in total. The van der Waals surface area contributed by atoms with E-state index in [9.17, 15) is 0 Å². The number of nitrogens with two attached hydrogens (primary N) is 1. The Morgan fingerprint density at radius 1 is 1.35 bits per heavy atom. The second kappa shape index (κ2) is 4.73. The molecular weight excluding hydrogens is 322 g/mol. The third-order valence-electron chi connectivity index (χ3n) is 3.45. The van der Waals surface area contributed by atoms with Crippen LogP contribution < -0.4 is 10.5 Å². The van der Waals surface area contributed by atoms with Gasteiger partial charge in [0, 0.05) is 13.0 Å². The van der Waals surface area contributed by atoms with E-state index in [2.05, 4.69) is 31.0 Å². The van der Waals surface area contributed by atoms with Crippen LogP contribution in [0.4, 0.5) is 5.82 Å². The smallest absolute Gasteiger partial charge is 0.222 e. The standard InChI is InChI=1S/C13H16BrN5O/c1-6-8(13(20-3)19(2)18-6)12-16-10(7-4-5-7)9(14)11(15)17-12/h7H,4-5H2,1-3H3,(H2,15,16,17). The molecule has 2 heterocycles. The molecule has 7 heteroatoms. The van der Waals surface area contributed by atoms with E-state index < -0.39 is 0 Å². The Bertz CT molecular complexity index is 678. The van der Waals surface area contributed by atoms with Crippen molar-refractivity contribution in [2.75, 3.05) is 12.8 Å². The van der Waals surface area contributed by atoms with Gasteiger partial charge in [-0.2, -0.15) is 5.10 Å². The minimum absolute atomic E-state index is 0.460. The zero-order chi connectivity index (χ0) is 14.4. The van der Waals surface area contributed by atoms with E-state index in [1.54, 1.807) is 11.8 Å². The van der Waals surface area contributed by atoms with Crippen molar-refractivity contribution in [1.29, 1.82) is 0 Å². The summed E-state index contributed by atoms with van der Waals surface area (Å²) in [5.41, 5.74) is 8.62. The van der Waals surface area contributed by atoms with Crippen LogP contribution in [0.5, 0.6) is 5.88 Å². The van der Waals surface area contributed by atoms with Crippen molar-refractivity contribution in [2.45, 2.75) is 25.7 Å². The van der Waals surface area contributed by atoms with Crippen LogP contribution in [0.25, 0.3) is 11.4 Å². The molecule has 0 spiro atoms. The van der Waals surface area contributed by atoms with Gasteiger partial charge in [0.2, 0.25) is 5.88 Å². The molecule has 0 radical (unpaired) electrons. The highest BCUT2D eigenvalue weighted by atomic mass is 79.9. The van der Waals surface area contributed by atoms with E-state index >= 15 is 0 Å². The van der Waals surface area contributed by atoms with Crippen molar-refractivity contribution >= 4 is 21.7 Å². The minimum atomic E-state index is 0.460. The fourth-order valence-electron chi connectivity index (χ4n) is 2.35. The summed E-state index contributed by atoms with van der Waals surface area (Å²) in [6.45, 7) is 1.91. The first-order valence-electron chi connectivity index (χ1n) is 6.43. The van der Waals surface area contributed by atoms with Crippen molar-refractivity contribution in [2.24, 2.45) is 7.05 Å². The topological polar surface area (TPSA) is 78.8 Å². The fraction of sp³-hybridized carbons (Fsp3) is 0.462. The molecule has 0 saturated heterocycles. The highest BCUT2D eigenvalue weighted by Crippen LogP contribution is 2.44. The molecule has 1 aliphatic carbocycles. The largest absolute Gasteiger partial charge is 0.481 e. The summed E-state index contributed by atoms with van der Waals surface area (Å²) in [7, 11) is 3.45. The van der Waals surface area contributed by atoms with Crippen LogP contribution in [0, 0.1) is 6.92 Å².